The molecular formula is C14H18FN3O. The molecule has 102 valence electrons. The van der Waals surface area contributed by atoms with E-state index in [-0.39, 0.29) is 11.5 Å². The first-order chi connectivity index (χ1) is 9.19. The third-order valence-electron chi connectivity index (χ3n) is 4.03. The molecule has 1 aliphatic heterocycles. The van der Waals surface area contributed by atoms with Crippen LogP contribution in [-0.2, 0) is 6.54 Å². The van der Waals surface area contributed by atoms with Gasteiger partial charge in [0, 0.05) is 12.6 Å². The Labute approximate surface area is 110 Å². The van der Waals surface area contributed by atoms with Gasteiger partial charge in [0.1, 0.15) is 5.82 Å². The van der Waals surface area contributed by atoms with E-state index in [1.54, 1.807) is 10.6 Å². The van der Waals surface area contributed by atoms with E-state index in [0.717, 1.165) is 25.0 Å². The lowest BCUT2D eigenvalue weighted by Gasteiger charge is -2.22. The maximum atomic E-state index is 13.2. The molecule has 2 aromatic rings. The zero-order valence-electron chi connectivity index (χ0n) is 11.0. The van der Waals surface area contributed by atoms with Crippen molar-refractivity contribution in [2.75, 3.05) is 13.1 Å². The molecule has 0 spiro atoms. The third-order valence-corrected chi connectivity index (χ3v) is 4.03. The fourth-order valence-corrected chi connectivity index (χ4v) is 3.05. The summed E-state index contributed by atoms with van der Waals surface area (Å²) in [6.45, 7) is 4.94. The number of hydrogen-bond acceptors (Lipinski definition) is 2. The number of fused-ring (bicyclic) bond motifs is 1. The summed E-state index contributed by atoms with van der Waals surface area (Å²) < 4.78 is 14.9. The van der Waals surface area contributed by atoms with Gasteiger partial charge in [0.15, 0.2) is 0 Å². The van der Waals surface area contributed by atoms with Crippen LogP contribution >= 0.6 is 0 Å². The average Bonchev–Trinajstić information content (AvgIpc) is 2.95. The quantitative estimate of drug-likeness (QED) is 0.919. The van der Waals surface area contributed by atoms with E-state index in [9.17, 15) is 9.18 Å². The second kappa shape index (κ2) is 4.81. The summed E-state index contributed by atoms with van der Waals surface area (Å²) in [5, 5.41) is 0. The maximum Gasteiger partial charge on any atom is 0.326 e. The van der Waals surface area contributed by atoms with Crippen LogP contribution in [0, 0.1) is 5.82 Å². The Morgan fingerprint density at radius 2 is 2.32 bits per heavy atom. The number of imidazole rings is 1. The predicted octanol–water partition coefficient (Wildman–Crippen LogP) is 1.95. The summed E-state index contributed by atoms with van der Waals surface area (Å²) in [4.78, 5) is 17.1. The highest BCUT2D eigenvalue weighted by Gasteiger charge is 2.24. The molecule has 1 aromatic carbocycles. The van der Waals surface area contributed by atoms with Gasteiger partial charge < -0.3 is 4.98 Å². The molecule has 0 saturated carbocycles. The third kappa shape index (κ3) is 2.18. The predicted molar refractivity (Wildman–Crippen MR) is 72.8 cm³/mol. The fourth-order valence-electron chi connectivity index (χ4n) is 3.05. The summed E-state index contributed by atoms with van der Waals surface area (Å²) in [7, 11) is 0. The normalized spacial score (nSPS) is 20.4. The number of nitrogens with one attached hydrogen (secondary N) is 1. The molecule has 1 fully saturated rings. The topological polar surface area (TPSA) is 41.0 Å². The number of halogens is 1. The first-order valence-electron chi connectivity index (χ1n) is 6.81. The summed E-state index contributed by atoms with van der Waals surface area (Å²) >= 11 is 0. The Morgan fingerprint density at radius 3 is 3.11 bits per heavy atom. The first-order valence-corrected chi connectivity index (χ1v) is 6.81. The molecule has 0 amide bonds. The van der Waals surface area contributed by atoms with Crippen LogP contribution < -0.4 is 5.69 Å². The molecule has 4 nitrogen and oxygen atoms in total. The zero-order chi connectivity index (χ0) is 13.4. The zero-order valence-corrected chi connectivity index (χ0v) is 11.0. The van der Waals surface area contributed by atoms with E-state index in [1.165, 1.54) is 18.6 Å². The summed E-state index contributed by atoms with van der Waals surface area (Å²) in [5.41, 5.74) is 1.21. The number of aromatic amines is 1. The van der Waals surface area contributed by atoms with Gasteiger partial charge in [0.05, 0.1) is 11.0 Å². The van der Waals surface area contributed by atoms with Gasteiger partial charge in [0.25, 0.3) is 0 Å². The molecule has 5 heteroatoms. The molecule has 0 radical (unpaired) electrons. The van der Waals surface area contributed by atoms with Crippen molar-refractivity contribution in [2.45, 2.75) is 32.4 Å². The van der Waals surface area contributed by atoms with E-state index in [0.29, 0.717) is 18.1 Å². The van der Waals surface area contributed by atoms with Crippen molar-refractivity contribution < 1.29 is 4.39 Å². The lowest BCUT2D eigenvalue weighted by atomic mass is 10.2. The van der Waals surface area contributed by atoms with Crippen molar-refractivity contribution in [3.8, 4) is 0 Å². The van der Waals surface area contributed by atoms with Gasteiger partial charge >= 0.3 is 5.69 Å². The minimum Gasteiger partial charge on any atom is -0.305 e. The van der Waals surface area contributed by atoms with Crippen LogP contribution in [0.5, 0.6) is 0 Å². The Kier molecular flexibility index (Phi) is 3.14. The molecule has 0 bridgehead atoms. The molecule has 0 aliphatic carbocycles. The van der Waals surface area contributed by atoms with Crippen molar-refractivity contribution in [3.63, 3.8) is 0 Å². The fraction of sp³-hybridized carbons (Fsp3) is 0.500. The SMILES string of the molecule is CCN1CCCC1Cn1c(=O)[nH]c2cc(F)ccc21. The Morgan fingerprint density at radius 1 is 1.47 bits per heavy atom. The van der Waals surface area contributed by atoms with Gasteiger partial charge in [-0.1, -0.05) is 6.92 Å². The van der Waals surface area contributed by atoms with Crippen LogP contribution in [0.1, 0.15) is 19.8 Å². The number of likely N-dealkylation sites (N-methyl/N-ethyl adjacent to an activating group) is 1. The summed E-state index contributed by atoms with van der Waals surface area (Å²) in [6.07, 6.45) is 2.30. The van der Waals surface area contributed by atoms with Crippen molar-refractivity contribution in [1.29, 1.82) is 0 Å². The Balaban J connectivity index is 1.96. The number of aromatic nitrogens is 2. The van der Waals surface area contributed by atoms with E-state index >= 15 is 0 Å². The van der Waals surface area contributed by atoms with Crippen LogP contribution in [-0.4, -0.2) is 33.6 Å². The largest absolute Gasteiger partial charge is 0.326 e. The minimum atomic E-state index is -0.322. The molecule has 19 heavy (non-hydrogen) atoms. The van der Waals surface area contributed by atoms with Gasteiger partial charge in [-0.15, -0.1) is 0 Å². The molecule has 1 saturated heterocycles. The second-order valence-electron chi connectivity index (χ2n) is 5.13. The van der Waals surface area contributed by atoms with Crippen molar-refractivity contribution in [3.05, 3.63) is 34.5 Å². The standard InChI is InChI=1S/C14H18FN3O/c1-2-17-7-3-4-11(17)9-18-13-6-5-10(15)8-12(13)16-14(18)19/h5-6,8,11H,2-4,7,9H2,1H3,(H,16,19). The summed E-state index contributed by atoms with van der Waals surface area (Å²) in [5.74, 6) is -0.322. The van der Waals surface area contributed by atoms with Crippen molar-refractivity contribution >= 4 is 11.0 Å². The van der Waals surface area contributed by atoms with Gasteiger partial charge in [-0.2, -0.15) is 0 Å². The van der Waals surface area contributed by atoms with E-state index in [4.69, 9.17) is 0 Å². The van der Waals surface area contributed by atoms with Gasteiger partial charge in [0.2, 0.25) is 0 Å². The Bertz CT molecular complexity index is 646. The van der Waals surface area contributed by atoms with Crippen LogP contribution in [0.25, 0.3) is 11.0 Å². The van der Waals surface area contributed by atoms with E-state index in [2.05, 4.69) is 16.8 Å². The first kappa shape index (κ1) is 12.4. The smallest absolute Gasteiger partial charge is 0.305 e. The highest BCUT2D eigenvalue weighted by molar-refractivity contribution is 5.75. The van der Waals surface area contributed by atoms with Gasteiger partial charge in [-0.3, -0.25) is 9.47 Å². The summed E-state index contributed by atoms with van der Waals surface area (Å²) in [6, 6.07) is 4.86. The van der Waals surface area contributed by atoms with Crippen LogP contribution in [0.15, 0.2) is 23.0 Å². The number of hydrogen-bond donors (Lipinski definition) is 1. The maximum absolute atomic E-state index is 13.2. The number of nitrogens with zero attached hydrogens (tertiary/aromatic N) is 2. The van der Waals surface area contributed by atoms with Crippen LogP contribution in [0.2, 0.25) is 0 Å². The van der Waals surface area contributed by atoms with Crippen molar-refractivity contribution in [2.24, 2.45) is 0 Å². The van der Waals surface area contributed by atoms with E-state index < -0.39 is 0 Å². The lowest BCUT2D eigenvalue weighted by molar-refractivity contribution is 0.244. The molecular weight excluding hydrogens is 245 g/mol. The van der Waals surface area contributed by atoms with E-state index in [1.807, 2.05) is 0 Å². The van der Waals surface area contributed by atoms with Gasteiger partial charge in [-0.05, 0) is 44.1 Å². The monoisotopic (exact) mass is 263 g/mol. The number of benzene rings is 1. The molecule has 1 aromatic heterocycles. The molecule has 1 aliphatic rings. The van der Waals surface area contributed by atoms with Crippen LogP contribution in [0.4, 0.5) is 4.39 Å². The molecule has 1 atom stereocenters. The van der Waals surface area contributed by atoms with Crippen LogP contribution in [0.3, 0.4) is 0 Å². The number of rotatable bonds is 3. The lowest BCUT2D eigenvalue weighted by Crippen LogP contribution is -2.35. The number of H-pyrrole nitrogens is 1. The van der Waals surface area contributed by atoms with Crippen molar-refractivity contribution in [1.82, 2.24) is 14.5 Å². The minimum absolute atomic E-state index is 0.149. The second-order valence-corrected chi connectivity index (χ2v) is 5.13. The molecule has 2 heterocycles. The Hall–Kier alpha value is -1.62. The highest BCUT2D eigenvalue weighted by atomic mass is 19.1. The molecule has 3 rings (SSSR count). The average molecular weight is 263 g/mol. The number of likely N-dealkylation sites (tertiary alicyclic amines) is 1. The molecule has 1 unspecified atom stereocenters. The molecule has 1 N–H and O–H groups in total. The highest BCUT2D eigenvalue weighted by Crippen LogP contribution is 2.20. The van der Waals surface area contributed by atoms with Gasteiger partial charge in [-0.25, -0.2) is 9.18 Å².